The van der Waals surface area contributed by atoms with E-state index in [2.05, 4.69) is 0 Å². The van der Waals surface area contributed by atoms with Gasteiger partial charge in [-0.15, -0.1) is 0 Å². The van der Waals surface area contributed by atoms with Crippen LogP contribution in [-0.4, -0.2) is 23.9 Å². The number of carbonyl (C=O) groups excluding carboxylic acids is 1. The Morgan fingerprint density at radius 2 is 2.14 bits per heavy atom. The van der Waals surface area contributed by atoms with Crippen molar-refractivity contribution in [3.8, 4) is 0 Å². The molecule has 0 unspecified atom stereocenters. The molecule has 0 radical (unpaired) electrons. The number of hydrogen-bond acceptors (Lipinski definition) is 2. The molecule has 1 heterocycles. The standard InChI is InChI=1S/C16H20Cl2N2O/c17-12-6-10-4-5-20(9-14(10)15(18)7-12)16(21)13-3-1-2-11(13)8-19/h6-7,11,13H,1-5,8-9,19H2/t11-,13-/m1/s1. The van der Waals surface area contributed by atoms with Gasteiger partial charge in [-0.25, -0.2) is 0 Å². The second-order valence-electron chi connectivity index (χ2n) is 6.07. The van der Waals surface area contributed by atoms with E-state index in [1.165, 1.54) is 5.56 Å². The van der Waals surface area contributed by atoms with E-state index >= 15 is 0 Å². The molecule has 2 aliphatic rings. The van der Waals surface area contributed by atoms with Crippen LogP contribution in [-0.2, 0) is 17.8 Å². The number of fused-ring (bicyclic) bond motifs is 1. The molecule has 5 heteroatoms. The Labute approximate surface area is 135 Å². The lowest BCUT2D eigenvalue weighted by Crippen LogP contribution is -2.41. The predicted octanol–water partition coefficient (Wildman–Crippen LogP) is 3.25. The molecular formula is C16H20Cl2N2O. The summed E-state index contributed by atoms with van der Waals surface area (Å²) in [6.45, 7) is 1.95. The summed E-state index contributed by atoms with van der Waals surface area (Å²) in [5.74, 6) is 0.696. The van der Waals surface area contributed by atoms with Gasteiger partial charge >= 0.3 is 0 Å². The molecule has 1 aliphatic heterocycles. The molecule has 0 bridgehead atoms. The fourth-order valence-corrected chi connectivity index (χ4v) is 4.24. The van der Waals surface area contributed by atoms with Gasteiger partial charge in [-0.1, -0.05) is 29.6 Å². The van der Waals surface area contributed by atoms with Crippen LogP contribution < -0.4 is 5.73 Å². The van der Waals surface area contributed by atoms with E-state index < -0.39 is 0 Å². The summed E-state index contributed by atoms with van der Waals surface area (Å²) >= 11 is 12.3. The molecule has 1 fully saturated rings. The summed E-state index contributed by atoms with van der Waals surface area (Å²) in [4.78, 5) is 14.7. The van der Waals surface area contributed by atoms with Crippen molar-refractivity contribution in [2.75, 3.05) is 13.1 Å². The van der Waals surface area contributed by atoms with E-state index in [1.54, 1.807) is 6.07 Å². The van der Waals surface area contributed by atoms with Crippen LogP contribution in [0, 0.1) is 11.8 Å². The summed E-state index contributed by atoms with van der Waals surface area (Å²) in [6.07, 6.45) is 3.98. The third kappa shape index (κ3) is 2.92. The number of hydrogen-bond donors (Lipinski definition) is 1. The van der Waals surface area contributed by atoms with E-state index in [4.69, 9.17) is 28.9 Å². The van der Waals surface area contributed by atoms with Gasteiger partial charge in [0.15, 0.2) is 0 Å². The van der Waals surface area contributed by atoms with Crippen LogP contribution in [0.2, 0.25) is 10.0 Å². The Morgan fingerprint density at radius 1 is 1.33 bits per heavy atom. The van der Waals surface area contributed by atoms with Crippen molar-refractivity contribution < 1.29 is 4.79 Å². The Balaban J connectivity index is 1.78. The van der Waals surface area contributed by atoms with Crippen molar-refractivity contribution in [1.82, 2.24) is 4.90 Å². The van der Waals surface area contributed by atoms with Gasteiger partial charge in [-0.2, -0.15) is 0 Å². The average Bonchev–Trinajstić information content (AvgIpc) is 2.94. The van der Waals surface area contributed by atoms with Crippen molar-refractivity contribution in [3.63, 3.8) is 0 Å². The molecule has 21 heavy (non-hydrogen) atoms. The zero-order valence-corrected chi connectivity index (χ0v) is 13.5. The highest BCUT2D eigenvalue weighted by Crippen LogP contribution is 2.35. The molecule has 2 atom stereocenters. The minimum Gasteiger partial charge on any atom is -0.338 e. The maximum atomic E-state index is 12.8. The molecule has 3 rings (SSSR count). The van der Waals surface area contributed by atoms with Crippen LogP contribution in [0.15, 0.2) is 12.1 Å². The quantitative estimate of drug-likeness (QED) is 0.906. The number of carbonyl (C=O) groups is 1. The van der Waals surface area contributed by atoms with Gasteiger partial charge in [0.05, 0.1) is 0 Å². The number of benzene rings is 1. The third-order valence-electron chi connectivity index (χ3n) is 4.84. The van der Waals surface area contributed by atoms with E-state index in [9.17, 15) is 4.79 Å². The molecule has 1 amide bonds. The van der Waals surface area contributed by atoms with Crippen molar-refractivity contribution in [1.29, 1.82) is 0 Å². The lowest BCUT2D eigenvalue weighted by atomic mass is 9.92. The number of rotatable bonds is 2. The molecule has 0 spiro atoms. The summed E-state index contributed by atoms with van der Waals surface area (Å²) in [5, 5.41) is 1.33. The number of halogens is 2. The first-order valence-corrected chi connectivity index (χ1v) is 8.31. The van der Waals surface area contributed by atoms with E-state index in [0.29, 0.717) is 29.1 Å². The van der Waals surface area contributed by atoms with Gasteiger partial charge in [0.25, 0.3) is 0 Å². The monoisotopic (exact) mass is 326 g/mol. The number of nitrogens with two attached hydrogens (primary N) is 1. The zero-order chi connectivity index (χ0) is 15.0. The second kappa shape index (κ2) is 6.15. The minimum atomic E-state index is 0.0997. The van der Waals surface area contributed by atoms with Crippen molar-refractivity contribution in [3.05, 3.63) is 33.3 Å². The minimum absolute atomic E-state index is 0.0997. The molecule has 1 aliphatic carbocycles. The first-order valence-electron chi connectivity index (χ1n) is 7.55. The summed E-state index contributed by atoms with van der Waals surface area (Å²) in [7, 11) is 0. The lowest BCUT2D eigenvalue weighted by molar-refractivity contribution is -0.137. The van der Waals surface area contributed by atoms with Crippen LogP contribution in [0.25, 0.3) is 0 Å². The predicted molar refractivity (Wildman–Crippen MR) is 85.5 cm³/mol. The average molecular weight is 327 g/mol. The topological polar surface area (TPSA) is 46.3 Å². The van der Waals surface area contributed by atoms with Crippen LogP contribution in [0.5, 0.6) is 0 Å². The molecule has 0 saturated heterocycles. The molecule has 2 N–H and O–H groups in total. The highest BCUT2D eigenvalue weighted by molar-refractivity contribution is 6.35. The van der Waals surface area contributed by atoms with Crippen LogP contribution in [0.1, 0.15) is 30.4 Å². The van der Waals surface area contributed by atoms with Crippen LogP contribution >= 0.6 is 23.2 Å². The highest BCUT2D eigenvalue weighted by Gasteiger charge is 2.35. The highest BCUT2D eigenvalue weighted by atomic mass is 35.5. The maximum Gasteiger partial charge on any atom is 0.226 e. The number of nitrogens with zero attached hydrogens (tertiary/aromatic N) is 1. The van der Waals surface area contributed by atoms with Gasteiger partial charge < -0.3 is 10.6 Å². The molecule has 3 nitrogen and oxygen atoms in total. The van der Waals surface area contributed by atoms with Crippen molar-refractivity contribution in [2.45, 2.75) is 32.2 Å². The van der Waals surface area contributed by atoms with Crippen LogP contribution in [0.3, 0.4) is 0 Å². The SMILES string of the molecule is NC[C@H]1CCC[C@H]1C(=O)N1CCc2cc(Cl)cc(Cl)c2C1. The van der Waals surface area contributed by atoms with Gasteiger partial charge in [-0.3, -0.25) is 4.79 Å². The normalized spacial score (nSPS) is 25.0. The van der Waals surface area contributed by atoms with Crippen LogP contribution in [0.4, 0.5) is 0 Å². The Morgan fingerprint density at radius 3 is 2.90 bits per heavy atom. The van der Waals surface area contributed by atoms with Gasteiger partial charge in [-0.05, 0) is 55.0 Å². The Bertz CT molecular complexity index is 561. The molecule has 0 aromatic heterocycles. The molecular weight excluding hydrogens is 307 g/mol. The number of amides is 1. The molecule has 1 aromatic rings. The van der Waals surface area contributed by atoms with E-state index in [0.717, 1.165) is 37.8 Å². The molecule has 1 aromatic carbocycles. The fourth-order valence-electron chi connectivity index (χ4n) is 3.65. The largest absolute Gasteiger partial charge is 0.338 e. The molecule has 1 saturated carbocycles. The maximum absolute atomic E-state index is 12.8. The van der Waals surface area contributed by atoms with Gasteiger partial charge in [0.1, 0.15) is 0 Å². The molecule has 114 valence electrons. The van der Waals surface area contributed by atoms with Crippen molar-refractivity contribution in [2.24, 2.45) is 17.6 Å². The smallest absolute Gasteiger partial charge is 0.226 e. The first kappa shape index (κ1) is 15.1. The summed E-state index contributed by atoms with van der Waals surface area (Å²) < 4.78 is 0. The van der Waals surface area contributed by atoms with Crippen molar-refractivity contribution >= 4 is 29.1 Å². The first-order chi connectivity index (χ1) is 10.1. The lowest BCUT2D eigenvalue weighted by Gasteiger charge is -2.33. The zero-order valence-electron chi connectivity index (χ0n) is 11.9. The van der Waals surface area contributed by atoms with E-state index in [-0.39, 0.29) is 11.8 Å². The third-order valence-corrected chi connectivity index (χ3v) is 5.40. The fraction of sp³-hybridized carbons (Fsp3) is 0.562. The van der Waals surface area contributed by atoms with Gasteiger partial charge in [0, 0.05) is 29.1 Å². The second-order valence-corrected chi connectivity index (χ2v) is 6.91. The summed E-state index contributed by atoms with van der Waals surface area (Å²) in [5.41, 5.74) is 8.01. The van der Waals surface area contributed by atoms with Gasteiger partial charge in [0.2, 0.25) is 5.91 Å². The van der Waals surface area contributed by atoms with E-state index in [1.807, 2.05) is 11.0 Å². The summed E-state index contributed by atoms with van der Waals surface area (Å²) in [6, 6.07) is 3.72. The Kier molecular flexibility index (Phi) is 4.43. The Hall–Kier alpha value is -0.770.